The fourth-order valence-corrected chi connectivity index (χ4v) is 3.73. The predicted octanol–water partition coefficient (Wildman–Crippen LogP) is 5.96. The van der Waals surface area contributed by atoms with Gasteiger partial charge >= 0.3 is 0 Å². The molecule has 1 aliphatic heterocycles. The van der Waals surface area contributed by atoms with Crippen LogP contribution in [0.15, 0.2) is 109 Å². The van der Waals surface area contributed by atoms with Gasteiger partial charge < -0.3 is 9.47 Å². The third-order valence-electron chi connectivity index (χ3n) is 5.10. The molecule has 3 aromatic rings. The Hall–Kier alpha value is -3.10. The molecule has 0 radical (unpaired) electrons. The maximum atomic E-state index is 6.82. The highest BCUT2D eigenvalue weighted by Crippen LogP contribution is 2.46. The first-order valence-electron chi connectivity index (χ1n) is 9.57. The van der Waals surface area contributed by atoms with E-state index < -0.39 is 5.60 Å². The lowest BCUT2D eigenvalue weighted by Gasteiger charge is -2.40. The van der Waals surface area contributed by atoms with Crippen LogP contribution < -0.4 is 0 Å². The van der Waals surface area contributed by atoms with Crippen molar-refractivity contribution in [1.29, 1.82) is 0 Å². The highest BCUT2D eigenvalue weighted by molar-refractivity contribution is 5.66. The van der Waals surface area contributed by atoms with Crippen LogP contribution in [0.3, 0.4) is 0 Å². The van der Waals surface area contributed by atoms with Crippen molar-refractivity contribution >= 4 is 5.76 Å². The molecule has 1 heterocycles. The molecule has 0 saturated heterocycles. The van der Waals surface area contributed by atoms with Gasteiger partial charge in [0.2, 0.25) is 0 Å². The summed E-state index contributed by atoms with van der Waals surface area (Å²) in [6, 6.07) is 31.2. The van der Waals surface area contributed by atoms with Gasteiger partial charge in [-0.05, 0) is 11.6 Å². The first-order chi connectivity index (χ1) is 13.8. The summed E-state index contributed by atoms with van der Waals surface area (Å²) in [6.07, 6.45) is 5.03. The van der Waals surface area contributed by atoms with Gasteiger partial charge in [0.25, 0.3) is 0 Å². The van der Waals surface area contributed by atoms with Crippen LogP contribution in [0.1, 0.15) is 23.1 Å². The Morgan fingerprint density at radius 2 is 1.36 bits per heavy atom. The van der Waals surface area contributed by atoms with Gasteiger partial charge in [-0.1, -0.05) is 97.1 Å². The summed E-state index contributed by atoms with van der Waals surface area (Å²) >= 11 is 0. The molecular weight excluding hydrogens is 344 g/mol. The zero-order valence-electron chi connectivity index (χ0n) is 16.0. The minimum atomic E-state index is -0.581. The summed E-state index contributed by atoms with van der Waals surface area (Å²) in [5.74, 6) is 0.877. The van der Waals surface area contributed by atoms with Gasteiger partial charge in [-0.3, -0.25) is 0 Å². The van der Waals surface area contributed by atoms with E-state index in [0.717, 1.165) is 28.9 Å². The van der Waals surface area contributed by atoms with E-state index in [1.54, 1.807) is 7.11 Å². The highest BCUT2D eigenvalue weighted by Gasteiger charge is 2.40. The SMILES string of the molecule is COC/C=C1/C=C(c2ccccc2)OC(c2ccccc2)(c2ccccc2)C1. The molecule has 0 spiro atoms. The molecule has 2 nitrogen and oxygen atoms in total. The largest absolute Gasteiger partial charge is 0.477 e. The van der Waals surface area contributed by atoms with Crippen molar-refractivity contribution in [2.45, 2.75) is 12.0 Å². The number of ether oxygens (including phenoxy) is 2. The Morgan fingerprint density at radius 1 is 0.821 bits per heavy atom. The van der Waals surface area contributed by atoms with Crippen molar-refractivity contribution in [2.24, 2.45) is 0 Å². The maximum absolute atomic E-state index is 6.82. The minimum Gasteiger partial charge on any atom is -0.477 e. The Kier molecular flexibility index (Phi) is 5.41. The minimum absolute atomic E-state index is 0.577. The van der Waals surface area contributed by atoms with Crippen LogP contribution in [0.2, 0.25) is 0 Å². The predicted molar refractivity (Wildman–Crippen MR) is 114 cm³/mol. The molecule has 0 amide bonds. The maximum Gasteiger partial charge on any atom is 0.163 e. The van der Waals surface area contributed by atoms with Crippen molar-refractivity contribution in [1.82, 2.24) is 0 Å². The zero-order valence-corrected chi connectivity index (χ0v) is 16.0. The van der Waals surface area contributed by atoms with E-state index in [0.29, 0.717) is 6.61 Å². The average molecular weight is 368 g/mol. The summed E-state index contributed by atoms with van der Waals surface area (Å²) in [6.45, 7) is 0.577. The van der Waals surface area contributed by atoms with Gasteiger partial charge in [-0.25, -0.2) is 0 Å². The lowest BCUT2D eigenvalue weighted by atomic mass is 9.79. The Bertz CT molecular complexity index is 918. The Balaban J connectivity index is 1.89. The second-order valence-corrected chi connectivity index (χ2v) is 6.95. The molecule has 0 atom stereocenters. The van der Waals surface area contributed by atoms with Crippen LogP contribution in [0.4, 0.5) is 0 Å². The third kappa shape index (κ3) is 3.64. The van der Waals surface area contributed by atoms with Gasteiger partial charge in [-0.2, -0.15) is 0 Å². The molecule has 0 aliphatic carbocycles. The fraction of sp³-hybridized carbons (Fsp3) is 0.154. The van der Waals surface area contributed by atoms with E-state index in [1.165, 1.54) is 5.57 Å². The van der Waals surface area contributed by atoms with Gasteiger partial charge in [0, 0.05) is 30.2 Å². The second kappa shape index (κ2) is 8.28. The molecule has 4 rings (SSSR count). The molecule has 0 bridgehead atoms. The Labute approximate surface area is 166 Å². The standard InChI is InChI=1S/C26H24O2/c1-27-18-17-21-19-25(22-11-5-2-6-12-22)28-26(20-21,23-13-7-3-8-14-23)24-15-9-4-10-16-24/h2-17,19H,18,20H2,1H3/b21-17-. The molecular formula is C26H24O2. The number of hydrogen-bond donors (Lipinski definition) is 0. The fourth-order valence-electron chi connectivity index (χ4n) is 3.73. The molecule has 0 fully saturated rings. The lowest BCUT2D eigenvalue weighted by Crippen LogP contribution is -2.33. The van der Waals surface area contributed by atoms with Crippen molar-refractivity contribution in [3.8, 4) is 0 Å². The number of methoxy groups -OCH3 is 1. The molecule has 28 heavy (non-hydrogen) atoms. The van der Waals surface area contributed by atoms with E-state index in [9.17, 15) is 0 Å². The van der Waals surface area contributed by atoms with Crippen LogP contribution in [0, 0.1) is 0 Å². The number of allylic oxidation sites excluding steroid dienone is 1. The van der Waals surface area contributed by atoms with E-state index >= 15 is 0 Å². The monoisotopic (exact) mass is 368 g/mol. The van der Waals surface area contributed by atoms with Crippen molar-refractivity contribution in [3.63, 3.8) is 0 Å². The molecule has 1 aliphatic rings. The quantitative estimate of drug-likeness (QED) is 0.553. The summed E-state index contributed by atoms with van der Waals surface area (Å²) in [4.78, 5) is 0. The second-order valence-electron chi connectivity index (χ2n) is 6.95. The number of benzene rings is 3. The molecule has 0 N–H and O–H groups in total. The summed E-state index contributed by atoms with van der Waals surface area (Å²) in [7, 11) is 1.72. The Morgan fingerprint density at radius 3 is 1.89 bits per heavy atom. The molecule has 0 unspecified atom stereocenters. The first kappa shape index (κ1) is 18.3. The normalized spacial score (nSPS) is 17.0. The topological polar surface area (TPSA) is 18.5 Å². The van der Waals surface area contributed by atoms with Gasteiger partial charge in [0.15, 0.2) is 5.60 Å². The molecule has 0 aromatic heterocycles. The van der Waals surface area contributed by atoms with Crippen LogP contribution in [-0.4, -0.2) is 13.7 Å². The number of rotatable bonds is 5. The molecule has 140 valence electrons. The number of hydrogen-bond acceptors (Lipinski definition) is 2. The van der Waals surface area contributed by atoms with Gasteiger partial charge in [0.05, 0.1) is 6.61 Å². The summed E-state index contributed by atoms with van der Waals surface area (Å²) in [5, 5.41) is 0. The first-order valence-corrected chi connectivity index (χ1v) is 9.57. The lowest BCUT2D eigenvalue weighted by molar-refractivity contribution is 0.0713. The van der Waals surface area contributed by atoms with E-state index in [4.69, 9.17) is 9.47 Å². The van der Waals surface area contributed by atoms with Crippen LogP contribution in [0.5, 0.6) is 0 Å². The van der Waals surface area contributed by atoms with Crippen LogP contribution in [-0.2, 0) is 15.1 Å². The average Bonchev–Trinajstić information content (AvgIpc) is 2.79. The highest BCUT2D eigenvalue weighted by atomic mass is 16.5. The molecule has 2 heteroatoms. The zero-order chi connectivity index (χ0) is 19.2. The van der Waals surface area contributed by atoms with Gasteiger partial charge in [-0.15, -0.1) is 0 Å². The van der Waals surface area contributed by atoms with E-state index in [1.807, 2.05) is 30.3 Å². The summed E-state index contributed by atoms with van der Waals surface area (Å²) < 4.78 is 12.1. The van der Waals surface area contributed by atoms with Crippen LogP contribution >= 0.6 is 0 Å². The van der Waals surface area contributed by atoms with Crippen molar-refractivity contribution in [2.75, 3.05) is 13.7 Å². The van der Waals surface area contributed by atoms with Crippen molar-refractivity contribution < 1.29 is 9.47 Å². The van der Waals surface area contributed by atoms with Gasteiger partial charge in [0.1, 0.15) is 5.76 Å². The molecule has 0 saturated carbocycles. The smallest absolute Gasteiger partial charge is 0.163 e. The van der Waals surface area contributed by atoms with E-state index in [2.05, 4.69) is 72.8 Å². The third-order valence-corrected chi connectivity index (χ3v) is 5.10. The van der Waals surface area contributed by atoms with Crippen LogP contribution in [0.25, 0.3) is 5.76 Å². The van der Waals surface area contributed by atoms with Crippen molar-refractivity contribution in [3.05, 3.63) is 125 Å². The molecule has 3 aromatic carbocycles. The van der Waals surface area contributed by atoms with E-state index in [-0.39, 0.29) is 0 Å². The summed E-state index contributed by atoms with van der Waals surface area (Å²) in [5.41, 5.74) is 3.99.